The van der Waals surface area contributed by atoms with Gasteiger partial charge >= 0.3 is 11.9 Å². The number of piperazine rings is 1. The molecule has 204 valence electrons. The highest BCUT2D eigenvalue weighted by Crippen LogP contribution is 2.23. The third kappa shape index (κ3) is 9.32. The first-order valence-electron chi connectivity index (χ1n) is 12.9. The fourth-order valence-electron chi connectivity index (χ4n) is 4.68. The van der Waals surface area contributed by atoms with Crippen LogP contribution in [-0.2, 0) is 20.9 Å². The number of carboxylic acids is 2. The van der Waals surface area contributed by atoms with Crippen molar-refractivity contribution < 1.29 is 29.3 Å². The van der Waals surface area contributed by atoms with Crippen LogP contribution in [0.2, 0.25) is 0 Å². The molecular formula is C29H37N3O6. The molecule has 2 saturated heterocycles. The number of ether oxygens (including phenoxy) is 1. The number of hydrogen-bond acceptors (Lipinski definition) is 6. The first-order chi connectivity index (χ1) is 18.4. The monoisotopic (exact) mass is 523 g/mol. The van der Waals surface area contributed by atoms with E-state index in [9.17, 15) is 4.79 Å². The number of nitrogens with zero attached hydrogens (tertiary/aromatic N) is 3. The molecule has 0 spiro atoms. The summed E-state index contributed by atoms with van der Waals surface area (Å²) in [5.74, 6) is -2.20. The Bertz CT molecular complexity index is 1060. The number of carbonyl (C=O) groups is 3. The Labute approximate surface area is 223 Å². The second kappa shape index (κ2) is 14.9. The summed E-state index contributed by atoms with van der Waals surface area (Å²) < 4.78 is 5.33. The molecule has 2 aromatic carbocycles. The second-order valence-electron chi connectivity index (χ2n) is 9.45. The van der Waals surface area contributed by atoms with Gasteiger partial charge in [-0.3, -0.25) is 14.6 Å². The van der Waals surface area contributed by atoms with Gasteiger partial charge in [0.1, 0.15) is 5.75 Å². The Morgan fingerprint density at radius 2 is 1.53 bits per heavy atom. The van der Waals surface area contributed by atoms with Gasteiger partial charge in [0.05, 0.1) is 7.11 Å². The van der Waals surface area contributed by atoms with Gasteiger partial charge in [-0.05, 0) is 49.2 Å². The van der Waals surface area contributed by atoms with Gasteiger partial charge in [-0.1, -0.05) is 54.6 Å². The summed E-state index contributed by atoms with van der Waals surface area (Å²) in [6.07, 6.45) is 6.33. The molecule has 2 aliphatic rings. The van der Waals surface area contributed by atoms with Crippen LogP contribution in [0.15, 0.2) is 60.7 Å². The maximum absolute atomic E-state index is 13.1. The van der Waals surface area contributed by atoms with Crippen LogP contribution in [0.5, 0.6) is 5.75 Å². The van der Waals surface area contributed by atoms with Gasteiger partial charge in [-0.2, -0.15) is 0 Å². The van der Waals surface area contributed by atoms with Crippen molar-refractivity contribution in [2.45, 2.75) is 19.4 Å². The van der Waals surface area contributed by atoms with Crippen LogP contribution in [0.4, 0.5) is 0 Å². The molecule has 0 aromatic heterocycles. The van der Waals surface area contributed by atoms with Crippen LogP contribution >= 0.6 is 0 Å². The molecule has 2 aliphatic heterocycles. The van der Waals surface area contributed by atoms with E-state index < -0.39 is 11.9 Å². The normalized spacial score (nSPS) is 17.0. The van der Waals surface area contributed by atoms with Crippen molar-refractivity contribution in [2.24, 2.45) is 5.92 Å². The van der Waals surface area contributed by atoms with E-state index in [1.165, 1.54) is 11.1 Å². The SMILES string of the molecule is COc1cccc(CN2CCC(C(=O)N3CCN(CC=Cc4ccccc4)CC3)CC2)c1.O=C(O)C(=O)O. The second-order valence-corrected chi connectivity index (χ2v) is 9.45. The quantitative estimate of drug-likeness (QED) is 0.533. The van der Waals surface area contributed by atoms with Gasteiger partial charge < -0.3 is 19.8 Å². The molecule has 0 radical (unpaired) electrons. The third-order valence-electron chi connectivity index (χ3n) is 6.82. The Morgan fingerprint density at radius 3 is 2.13 bits per heavy atom. The number of hydrogen-bond donors (Lipinski definition) is 2. The van der Waals surface area contributed by atoms with Crippen molar-refractivity contribution in [1.29, 1.82) is 0 Å². The Morgan fingerprint density at radius 1 is 0.868 bits per heavy atom. The van der Waals surface area contributed by atoms with Crippen LogP contribution in [-0.4, -0.2) is 95.7 Å². The number of likely N-dealkylation sites (tertiary alicyclic amines) is 1. The third-order valence-corrected chi connectivity index (χ3v) is 6.82. The van der Waals surface area contributed by atoms with E-state index in [4.69, 9.17) is 24.5 Å². The maximum Gasteiger partial charge on any atom is 0.414 e. The number of benzene rings is 2. The molecule has 0 atom stereocenters. The summed E-state index contributed by atoms with van der Waals surface area (Å²) in [7, 11) is 1.71. The Hall–Kier alpha value is -3.69. The summed E-state index contributed by atoms with van der Waals surface area (Å²) in [4.78, 5) is 38.2. The van der Waals surface area contributed by atoms with Gasteiger partial charge in [0.15, 0.2) is 0 Å². The lowest BCUT2D eigenvalue weighted by molar-refractivity contribution is -0.159. The highest BCUT2D eigenvalue weighted by atomic mass is 16.5. The first-order valence-corrected chi connectivity index (χ1v) is 12.9. The van der Waals surface area contributed by atoms with Crippen molar-refractivity contribution in [3.05, 3.63) is 71.8 Å². The topological polar surface area (TPSA) is 111 Å². The van der Waals surface area contributed by atoms with Gasteiger partial charge in [0, 0.05) is 45.2 Å². The number of rotatable bonds is 7. The van der Waals surface area contributed by atoms with Gasteiger partial charge in [-0.15, -0.1) is 0 Å². The summed E-state index contributed by atoms with van der Waals surface area (Å²) >= 11 is 0. The number of amides is 1. The standard InChI is InChI=1S/C27H35N3O2.C2H2O4/c1-32-26-11-5-9-24(21-26)22-29-15-12-25(13-16-29)27(31)30-19-17-28(18-20-30)14-6-10-23-7-3-2-4-8-23;3-1(4)2(5)6/h2-11,21,25H,12-20,22H2,1H3;(H,3,4)(H,5,6). The van der Waals surface area contributed by atoms with Gasteiger partial charge in [0.2, 0.25) is 5.91 Å². The summed E-state index contributed by atoms with van der Waals surface area (Å²) in [5.41, 5.74) is 2.51. The highest BCUT2D eigenvalue weighted by Gasteiger charge is 2.30. The first kappa shape index (κ1) is 28.9. The van der Waals surface area contributed by atoms with Crippen LogP contribution in [0.25, 0.3) is 6.08 Å². The molecule has 2 aromatic rings. The summed E-state index contributed by atoms with van der Waals surface area (Å²) in [6.45, 7) is 7.45. The van der Waals surface area contributed by atoms with Crippen molar-refractivity contribution in [3.8, 4) is 5.75 Å². The molecule has 9 nitrogen and oxygen atoms in total. The molecule has 4 rings (SSSR count). The molecule has 2 heterocycles. The summed E-state index contributed by atoms with van der Waals surface area (Å²) in [6, 6.07) is 18.7. The number of carboxylic acid groups (broad SMARTS) is 2. The molecule has 2 N–H and O–H groups in total. The molecule has 38 heavy (non-hydrogen) atoms. The lowest BCUT2D eigenvalue weighted by Crippen LogP contribution is -2.51. The minimum absolute atomic E-state index is 0.182. The average Bonchev–Trinajstić information content (AvgIpc) is 2.94. The molecule has 9 heteroatoms. The van der Waals surface area contributed by atoms with Crippen molar-refractivity contribution in [2.75, 3.05) is 52.9 Å². The Balaban J connectivity index is 0.000000599. The fraction of sp³-hybridized carbons (Fsp3) is 0.414. The van der Waals surface area contributed by atoms with Crippen LogP contribution in [0.1, 0.15) is 24.0 Å². The zero-order chi connectivity index (χ0) is 27.3. The van der Waals surface area contributed by atoms with E-state index in [2.05, 4.69) is 63.2 Å². The number of piperidine rings is 1. The molecule has 0 aliphatic carbocycles. The van der Waals surface area contributed by atoms with Crippen LogP contribution < -0.4 is 4.74 Å². The van der Waals surface area contributed by atoms with Crippen molar-refractivity contribution in [1.82, 2.24) is 14.7 Å². The molecule has 0 unspecified atom stereocenters. The van der Waals surface area contributed by atoms with E-state index in [0.717, 1.165) is 70.9 Å². The Kier molecular flexibility index (Phi) is 11.3. The van der Waals surface area contributed by atoms with Crippen molar-refractivity contribution >= 4 is 23.9 Å². The maximum atomic E-state index is 13.1. The van der Waals surface area contributed by atoms with E-state index in [-0.39, 0.29) is 5.92 Å². The number of methoxy groups -OCH3 is 1. The smallest absolute Gasteiger partial charge is 0.414 e. The lowest BCUT2D eigenvalue weighted by atomic mass is 9.94. The zero-order valence-electron chi connectivity index (χ0n) is 21.9. The molecule has 1 amide bonds. The highest BCUT2D eigenvalue weighted by molar-refractivity contribution is 6.27. The largest absolute Gasteiger partial charge is 0.497 e. The average molecular weight is 524 g/mol. The number of carbonyl (C=O) groups excluding carboxylic acids is 1. The fourth-order valence-corrected chi connectivity index (χ4v) is 4.68. The van der Waals surface area contributed by atoms with Gasteiger partial charge in [0.25, 0.3) is 0 Å². The predicted molar refractivity (Wildman–Crippen MR) is 145 cm³/mol. The molecular weight excluding hydrogens is 486 g/mol. The summed E-state index contributed by atoms with van der Waals surface area (Å²) in [5, 5.41) is 14.8. The zero-order valence-corrected chi connectivity index (χ0v) is 21.9. The van der Waals surface area contributed by atoms with Crippen LogP contribution in [0, 0.1) is 5.92 Å². The van der Waals surface area contributed by atoms with E-state index >= 15 is 0 Å². The lowest BCUT2D eigenvalue weighted by Gasteiger charge is -2.38. The molecule has 0 saturated carbocycles. The van der Waals surface area contributed by atoms with E-state index in [1.54, 1.807) is 7.11 Å². The van der Waals surface area contributed by atoms with Crippen molar-refractivity contribution in [3.63, 3.8) is 0 Å². The van der Waals surface area contributed by atoms with Gasteiger partial charge in [-0.25, -0.2) is 9.59 Å². The van der Waals surface area contributed by atoms with E-state index in [1.807, 2.05) is 18.2 Å². The van der Waals surface area contributed by atoms with E-state index in [0.29, 0.717) is 5.91 Å². The number of aliphatic carboxylic acids is 2. The predicted octanol–water partition coefficient (Wildman–Crippen LogP) is 2.92. The minimum atomic E-state index is -1.82. The van der Waals surface area contributed by atoms with Crippen LogP contribution in [0.3, 0.4) is 0 Å². The molecule has 0 bridgehead atoms. The molecule has 2 fully saturated rings. The minimum Gasteiger partial charge on any atom is -0.497 e.